The smallest absolute Gasteiger partial charge is 0.407 e. The molecule has 0 aliphatic heterocycles. The predicted molar refractivity (Wildman–Crippen MR) is 349 cm³/mol. The molecule has 2 amide bonds. The molecule has 0 aliphatic carbocycles. The van der Waals surface area contributed by atoms with Gasteiger partial charge in [-0.15, -0.1) is 45.3 Å². The van der Waals surface area contributed by atoms with Crippen LogP contribution in [0.5, 0.6) is 11.5 Å². The number of rotatable bonds is 39. The van der Waals surface area contributed by atoms with Gasteiger partial charge in [-0.3, -0.25) is 0 Å². The summed E-state index contributed by atoms with van der Waals surface area (Å²) in [7, 11) is 0. The SMILES string of the molecule is CCCCCCCCCNC(=O)OCCc1cc(-c2c(F)c(F)c(-c3cc(CCOC(=O)NCCCCCCCCC)c(-c4cc5c(OCC(CC)CCCC)c6sc(C)cc6c(OCC(CC)CCCC)c5s4)s3)c3nsnc23)sc1C. The number of carbonyl (C=O) groups excluding carboxylic acids is 2. The second kappa shape index (κ2) is 34.7. The van der Waals surface area contributed by atoms with Crippen molar-refractivity contribution in [3.8, 4) is 42.1 Å². The Bertz CT molecular complexity index is 3050. The van der Waals surface area contributed by atoms with Crippen LogP contribution in [0.4, 0.5) is 18.4 Å². The number of fused-ring (bicyclic) bond motifs is 3. The summed E-state index contributed by atoms with van der Waals surface area (Å²) in [5.74, 6) is 0.523. The maximum absolute atomic E-state index is 17.4. The first-order chi connectivity index (χ1) is 40.4. The van der Waals surface area contributed by atoms with Crippen molar-refractivity contribution in [3.05, 3.63) is 56.8 Å². The van der Waals surface area contributed by atoms with Crippen LogP contribution in [0.25, 0.3) is 61.8 Å². The third-order valence-corrected chi connectivity index (χ3v) is 21.1. The van der Waals surface area contributed by atoms with E-state index in [0.29, 0.717) is 60.7 Å². The maximum atomic E-state index is 17.4. The van der Waals surface area contributed by atoms with Crippen LogP contribution in [0, 0.1) is 37.3 Å². The summed E-state index contributed by atoms with van der Waals surface area (Å²) >= 11 is 7.02. The summed E-state index contributed by atoms with van der Waals surface area (Å²) in [6.07, 6.45) is 24.7. The lowest BCUT2D eigenvalue weighted by Crippen LogP contribution is -2.26. The maximum Gasteiger partial charge on any atom is 0.407 e. The Kier molecular flexibility index (Phi) is 27.6. The topological polar surface area (TPSA) is 121 Å². The fourth-order valence-electron chi connectivity index (χ4n) is 10.8. The number of benzene rings is 2. The van der Waals surface area contributed by atoms with Crippen molar-refractivity contribution >= 4 is 100 Å². The minimum Gasteiger partial charge on any atom is -0.491 e. The average molecular weight is 1240 g/mol. The highest BCUT2D eigenvalue weighted by atomic mass is 32.1. The second-order valence-electron chi connectivity index (χ2n) is 22.4. The molecule has 0 saturated heterocycles. The number of amides is 2. The Labute approximate surface area is 513 Å². The van der Waals surface area contributed by atoms with Crippen molar-refractivity contribution in [2.75, 3.05) is 39.5 Å². The number of thiophene rings is 4. The zero-order chi connectivity index (χ0) is 59.1. The van der Waals surface area contributed by atoms with Crippen LogP contribution in [0.1, 0.15) is 204 Å². The van der Waals surface area contributed by atoms with Gasteiger partial charge in [0.15, 0.2) is 11.6 Å². The highest BCUT2D eigenvalue weighted by Crippen LogP contribution is 2.54. The quantitative estimate of drug-likeness (QED) is 0.0366. The number of nitrogens with one attached hydrogen (secondary N) is 2. The summed E-state index contributed by atoms with van der Waals surface area (Å²) < 4.78 is 71.3. The summed E-state index contributed by atoms with van der Waals surface area (Å²) in [6, 6.07) is 8.19. The molecular weight excluding hydrogens is 1140 g/mol. The second-order valence-corrected chi connectivity index (χ2v) is 27.6. The first-order valence-electron chi connectivity index (χ1n) is 31.4. The van der Waals surface area contributed by atoms with E-state index < -0.39 is 23.8 Å². The molecule has 10 nitrogen and oxygen atoms in total. The molecule has 7 aromatic rings. The minimum atomic E-state index is -1.01. The number of hydrogen-bond donors (Lipinski definition) is 2. The molecular formula is C66H92F2N4O6S5. The highest BCUT2D eigenvalue weighted by molar-refractivity contribution is 7.28. The first kappa shape index (κ1) is 66.1. The van der Waals surface area contributed by atoms with Crippen molar-refractivity contribution < 1.29 is 37.3 Å². The zero-order valence-corrected chi connectivity index (χ0v) is 54.9. The van der Waals surface area contributed by atoms with E-state index in [1.54, 1.807) is 22.7 Å². The Morgan fingerprint density at radius 1 is 0.530 bits per heavy atom. The molecule has 83 heavy (non-hydrogen) atoms. The monoisotopic (exact) mass is 1230 g/mol. The Balaban J connectivity index is 1.22. The van der Waals surface area contributed by atoms with Crippen molar-refractivity contribution in [3.63, 3.8) is 0 Å². The van der Waals surface area contributed by atoms with Crippen molar-refractivity contribution in [1.29, 1.82) is 0 Å². The molecule has 0 saturated carbocycles. The molecule has 0 spiro atoms. The highest BCUT2D eigenvalue weighted by Gasteiger charge is 2.30. The molecule has 5 aromatic heterocycles. The molecule has 5 heterocycles. The van der Waals surface area contributed by atoms with E-state index in [1.165, 1.54) is 85.3 Å². The Morgan fingerprint density at radius 2 is 0.988 bits per heavy atom. The van der Waals surface area contributed by atoms with Gasteiger partial charge >= 0.3 is 12.2 Å². The molecule has 2 N–H and O–H groups in total. The van der Waals surface area contributed by atoms with Crippen LogP contribution in [0.2, 0.25) is 0 Å². The van der Waals surface area contributed by atoms with E-state index in [9.17, 15) is 9.59 Å². The van der Waals surface area contributed by atoms with Gasteiger partial charge in [0, 0.05) is 66.0 Å². The zero-order valence-electron chi connectivity index (χ0n) is 50.8. The van der Waals surface area contributed by atoms with Crippen LogP contribution < -0.4 is 20.1 Å². The van der Waals surface area contributed by atoms with Gasteiger partial charge in [-0.1, -0.05) is 157 Å². The van der Waals surface area contributed by atoms with Crippen LogP contribution in [-0.4, -0.2) is 60.5 Å². The van der Waals surface area contributed by atoms with Crippen molar-refractivity contribution in [2.45, 2.75) is 209 Å². The fourth-order valence-corrected chi connectivity index (χ4v) is 16.1. The largest absolute Gasteiger partial charge is 0.491 e. The van der Waals surface area contributed by atoms with Crippen molar-refractivity contribution in [1.82, 2.24) is 19.4 Å². The number of unbranched alkanes of at least 4 members (excludes halogenated alkanes) is 14. The number of alkyl carbamates (subject to hydrolysis) is 2. The first-order valence-corrected chi connectivity index (χ1v) is 35.4. The number of nitrogens with zero attached hydrogens (tertiary/aromatic N) is 2. The van der Waals surface area contributed by atoms with Crippen LogP contribution in [0.15, 0.2) is 24.3 Å². The number of aromatic nitrogens is 2. The lowest BCUT2D eigenvalue weighted by molar-refractivity contribution is 0.146. The van der Waals surface area contributed by atoms with E-state index in [-0.39, 0.29) is 35.4 Å². The van der Waals surface area contributed by atoms with Gasteiger partial charge in [0.25, 0.3) is 0 Å². The summed E-state index contributed by atoms with van der Waals surface area (Å²) in [5, 5.41) is 7.82. The number of aryl methyl sites for hydroxylation is 2. The van der Waals surface area contributed by atoms with E-state index in [2.05, 4.69) is 80.0 Å². The normalized spacial score (nSPS) is 12.5. The standard InChI is InChI=1S/C66H92F2N4O6S5/c1-9-15-19-21-23-25-27-33-69-65(73)75-35-31-47-38-51(80-44(47)8)54-56(67)57(68)55(59-58(54)71-83-72-59)52-39-48(32-36-76-66(74)70-34-28-26-24-22-20-16-10-2)62(81-52)53-40-50-61(78-42-46(14-6)30-18-12-4)63-49(37-43(7)79-63)60(64(50)82-53)77-41-45(13-5)29-17-11-3/h37-40,45-46H,9-36,41-42H2,1-8H3,(H,69,73)(H,70,74). The van der Waals surface area contributed by atoms with E-state index >= 15 is 8.78 Å². The minimum absolute atomic E-state index is 0.0470. The van der Waals surface area contributed by atoms with E-state index in [0.717, 1.165) is 153 Å². The average Bonchev–Trinajstić information content (AvgIpc) is 3.28. The molecule has 2 atom stereocenters. The van der Waals surface area contributed by atoms with Gasteiger partial charge in [0.1, 0.15) is 22.5 Å². The number of halogens is 2. The van der Waals surface area contributed by atoms with Crippen molar-refractivity contribution in [2.24, 2.45) is 11.8 Å². The number of ether oxygens (including phenoxy) is 4. The molecule has 0 bridgehead atoms. The molecule has 456 valence electrons. The molecule has 0 aliphatic rings. The predicted octanol–water partition coefficient (Wildman–Crippen LogP) is 21.4. The number of hydrogen-bond acceptors (Lipinski definition) is 13. The lowest BCUT2D eigenvalue weighted by atomic mass is 10.0. The number of carbonyl (C=O) groups is 2. The molecule has 2 aromatic carbocycles. The van der Waals surface area contributed by atoms with E-state index in [1.807, 2.05) is 19.1 Å². The molecule has 0 radical (unpaired) electrons. The third-order valence-electron chi connectivity index (χ3n) is 16.0. The molecule has 0 fully saturated rings. The van der Waals surface area contributed by atoms with Crippen LogP contribution >= 0.6 is 57.1 Å². The lowest BCUT2D eigenvalue weighted by Gasteiger charge is -2.19. The van der Waals surface area contributed by atoms with Gasteiger partial charge in [-0.05, 0) is 86.8 Å². The van der Waals surface area contributed by atoms with Crippen LogP contribution in [0.3, 0.4) is 0 Å². The molecule has 17 heteroatoms. The molecule has 7 rings (SSSR count). The van der Waals surface area contributed by atoms with Gasteiger partial charge < -0.3 is 29.6 Å². The van der Waals surface area contributed by atoms with Gasteiger partial charge in [0.2, 0.25) is 0 Å². The van der Waals surface area contributed by atoms with Crippen LogP contribution in [-0.2, 0) is 22.3 Å². The van der Waals surface area contributed by atoms with Gasteiger partial charge in [-0.25, -0.2) is 18.4 Å². The summed E-state index contributed by atoms with van der Waals surface area (Å²) in [4.78, 5) is 30.6. The molecule has 2 unspecified atom stereocenters. The van der Waals surface area contributed by atoms with Gasteiger partial charge in [-0.2, -0.15) is 8.75 Å². The third kappa shape index (κ3) is 18.3. The summed E-state index contributed by atoms with van der Waals surface area (Å²) in [6.45, 7) is 20.0. The Morgan fingerprint density at radius 3 is 1.51 bits per heavy atom. The Hall–Kier alpha value is -4.42. The summed E-state index contributed by atoms with van der Waals surface area (Å²) in [5.41, 5.74) is 2.39. The fraction of sp³-hybridized carbons (Fsp3) is 0.606. The van der Waals surface area contributed by atoms with Gasteiger partial charge in [0.05, 0.1) is 58.7 Å². The van der Waals surface area contributed by atoms with E-state index in [4.69, 9.17) is 18.9 Å².